The highest BCUT2D eigenvalue weighted by atomic mass is 16.7. The molecule has 1 heterocycles. The zero-order valence-electron chi connectivity index (χ0n) is 10.7. The largest absolute Gasteiger partial charge is 0.394 e. The van der Waals surface area contributed by atoms with Gasteiger partial charge < -0.3 is 30.1 Å². The summed E-state index contributed by atoms with van der Waals surface area (Å²) >= 11 is 0. The molecule has 0 saturated carbocycles. The summed E-state index contributed by atoms with van der Waals surface area (Å²) in [7, 11) is 0. The van der Waals surface area contributed by atoms with Crippen molar-refractivity contribution < 1.29 is 29.6 Å². The van der Waals surface area contributed by atoms with Crippen molar-refractivity contribution in [3.05, 3.63) is 0 Å². The lowest BCUT2D eigenvalue weighted by Crippen LogP contribution is -2.64. The van der Waals surface area contributed by atoms with E-state index in [4.69, 9.17) is 14.6 Å². The Bertz CT molecular complexity index is 285. The van der Waals surface area contributed by atoms with E-state index in [9.17, 15) is 15.0 Å². The molecule has 5 atom stereocenters. The Morgan fingerprint density at radius 3 is 2.44 bits per heavy atom. The average Bonchev–Trinajstić information content (AvgIpc) is 2.27. The predicted octanol–water partition coefficient (Wildman–Crippen LogP) is -1.64. The van der Waals surface area contributed by atoms with E-state index in [1.807, 2.05) is 0 Å². The van der Waals surface area contributed by atoms with E-state index >= 15 is 0 Å². The van der Waals surface area contributed by atoms with Gasteiger partial charge in [-0.2, -0.15) is 0 Å². The third-order valence-corrected chi connectivity index (χ3v) is 2.66. The number of ether oxygens (including phenoxy) is 2. The van der Waals surface area contributed by atoms with Gasteiger partial charge in [0.05, 0.1) is 12.7 Å². The second kappa shape index (κ2) is 6.44. The summed E-state index contributed by atoms with van der Waals surface area (Å²) in [4.78, 5) is 11.1. The minimum absolute atomic E-state index is 0.187. The zero-order chi connectivity index (χ0) is 13.9. The Kier molecular flexibility index (Phi) is 5.48. The van der Waals surface area contributed by atoms with Crippen molar-refractivity contribution in [3.63, 3.8) is 0 Å². The number of nitrogens with one attached hydrogen (secondary N) is 1. The molecular weight excluding hydrogens is 242 g/mol. The van der Waals surface area contributed by atoms with Crippen molar-refractivity contribution in [2.45, 2.75) is 57.5 Å². The number of rotatable bonds is 4. The highest BCUT2D eigenvalue weighted by Crippen LogP contribution is 2.22. The fourth-order valence-electron chi connectivity index (χ4n) is 1.85. The van der Waals surface area contributed by atoms with Crippen LogP contribution in [0.1, 0.15) is 20.8 Å². The molecule has 7 nitrogen and oxygen atoms in total. The lowest BCUT2D eigenvalue weighted by molar-refractivity contribution is -0.278. The van der Waals surface area contributed by atoms with Gasteiger partial charge >= 0.3 is 0 Å². The molecule has 0 aromatic carbocycles. The monoisotopic (exact) mass is 263 g/mol. The molecule has 1 fully saturated rings. The second-order valence-electron chi connectivity index (χ2n) is 4.62. The van der Waals surface area contributed by atoms with E-state index < -0.39 is 37.3 Å². The molecule has 0 spiro atoms. The number of carbonyl (C=O) groups is 1. The molecule has 4 N–H and O–H groups in total. The van der Waals surface area contributed by atoms with E-state index in [0.717, 1.165) is 0 Å². The Morgan fingerprint density at radius 2 is 2.00 bits per heavy atom. The van der Waals surface area contributed by atoms with Crippen LogP contribution in [0, 0.1) is 0 Å². The molecule has 0 bridgehead atoms. The molecule has 1 saturated heterocycles. The highest BCUT2D eigenvalue weighted by molar-refractivity contribution is 5.73. The summed E-state index contributed by atoms with van der Waals surface area (Å²) < 4.78 is 10.8. The quantitative estimate of drug-likeness (QED) is 0.484. The predicted molar refractivity (Wildman–Crippen MR) is 61.6 cm³/mol. The molecule has 0 aromatic heterocycles. The van der Waals surface area contributed by atoms with E-state index in [-0.39, 0.29) is 12.0 Å². The normalized spacial score (nSPS) is 36.7. The summed E-state index contributed by atoms with van der Waals surface area (Å²) in [6.07, 6.45) is -4.58. The maximum absolute atomic E-state index is 11.1. The number of hydrogen-bond acceptors (Lipinski definition) is 6. The number of aliphatic hydroxyl groups is 3. The number of aliphatic hydroxyl groups excluding tert-OH is 3. The number of hydrogen-bond donors (Lipinski definition) is 4. The Morgan fingerprint density at radius 1 is 1.39 bits per heavy atom. The summed E-state index contributed by atoms with van der Waals surface area (Å²) in [6.45, 7) is 4.41. The first-order valence-corrected chi connectivity index (χ1v) is 5.91. The van der Waals surface area contributed by atoms with Crippen molar-refractivity contribution in [3.8, 4) is 0 Å². The third kappa shape index (κ3) is 3.63. The minimum atomic E-state index is -1.28. The number of amides is 1. The van der Waals surface area contributed by atoms with Gasteiger partial charge in [0, 0.05) is 6.92 Å². The first-order valence-electron chi connectivity index (χ1n) is 5.91. The lowest BCUT2D eigenvalue weighted by atomic mass is 9.97. The maximum atomic E-state index is 11.1. The summed E-state index contributed by atoms with van der Waals surface area (Å²) in [5.41, 5.74) is 0. The van der Waals surface area contributed by atoms with Crippen LogP contribution in [-0.4, -0.2) is 64.6 Å². The van der Waals surface area contributed by atoms with Crippen LogP contribution in [-0.2, 0) is 14.3 Å². The zero-order valence-corrected chi connectivity index (χ0v) is 10.7. The van der Waals surface area contributed by atoms with Crippen LogP contribution in [0.15, 0.2) is 0 Å². The fraction of sp³-hybridized carbons (Fsp3) is 0.909. The van der Waals surface area contributed by atoms with Crippen molar-refractivity contribution in [1.29, 1.82) is 0 Å². The Labute approximate surface area is 106 Å². The first-order chi connectivity index (χ1) is 8.36. The molecule has 0 radical (unpaired) electrons. The average molecular weight is 263 g/mol. The standard InChI is InChI=1S/C11H21NO6/c1-5(2)17-11-8(12-6(3)14)10(16)9(15)7(4-13)18-11/h5,7-11,13,15-16H,4H2,1-3H3,(H,12,14)/t7-,8+,9-,10+,11-/m1/s1. The van der Waals surface area contributed by atoms with Crippen molar-refractivity contribution in [1.82, 2.24) is 5.32 Å². The topological polar surface area (TPSA) is 108 Å². The van der Waals surface area contributed by atoms with Gasteiger partial charge in [-0.15, -0.1) is 0 Å². The maximum Gasteiger partial charge on any atom is 0.217 e. The molecule has 18 heavy (non-hydrogen) atoms. The van der Waals surface area contributed by atoms with Crippen LogP contribution in [0.2, 0.25) is 0 Å². The van der Waals surface area contributed by atoms with Gasteiger partial charge in [0.25, 0.3) is 0 Å². The van der Waals surface area contributed by atoms with E-state index in [1.165, 1.54) is 6.92 Å². The Balaban J connectivity index is 2.83. The van der Waals surface area contributed by atoms with E-state index in [0.29, 0.717) is 0 Å². The SMILES string of the molecule is CC(=O)N[C@@H]1[C@H](OC(C)C)O[C@H](CO)[C@@H](O)[C@H]1O. The smallest absolute Gasteiger partial charge is 0.217 e. The second-order valence-corrected chi connectivity index (χ2v) is 4.62. The van der Waals surface area contributed by atoms with Crippen molar-refractivity contribution in [2.24, 2.45) is 0 Å². The van der Waals surface area contributed by atoms with E-state index in [1.54, 1.807) is 13.8 Å². The van der Waals surface area contributed by atoms with Gasteiger partial charge in [0.1, 0.15) is 24.4 Å². The number of carbonyl (C=O) groups excluding carboxylic acids is 1. The molecule has 1 aliphatic rings. The van der Waals surface area contributed by atoms with Crippen LogP contribution in [0.5, 0.6) is 0 Å². The van der Waals surface area contributed by atoms with Crippen LogP contribution >= 0.6 is 0 Å². The van der Waals surface area contributed by atoms with Crippen LogP contribution in [0.4, 0.5) is 0 Å². The van der Waals surface area contributed by atoms with Gasteiger partial charge in [-0.3, -0.25) is 4.79 Å². The molecule has 1 aliphatic heterocycles. The van der Waals surface area contributed by atoms with E-state index in [2.05, 4.69) is 5.32 Å². The van der Waals surface area contributed by atoms with Gasteiger partial charge in [0.15, 0.2) is 6.29 Å². The molecule has 0 unspecified atom stereocenters. The third-order valence-electron chi connectivity index (χ3n) is 2.66. The fourth-order valence-corrected chi connectivity index (χ4v) is 1.85. The lowest BCUT2D eigenvalue weighted by Gasteiger charge is -2.42. The van der Waals surface area contributed by atoms with Gasteiger partial charge in [-0.25, -0.2) is 0 Å². The summed E-state index contributed by atoms with van der Waals surface area (Å²) in [5.74, 6) is -0.366. The summed E-state index contributed by atoms with van der Waals surface area (Å²) in [5, 5.41) is 31.2. The summed E-state index contributed by atoms with van der Waals surface area (Å²) in [6, 6.07) is -0.873. The van der Waals surface area contributed by atoms with Crippen molar-refractivity contribution >= 4 is 5.91 Å². The molecule has 1 amide bonds. The van der Waals surface area contributed by atoms with Gasteiger partial charge in [-0.1, -0.05) is 0 Å². The molecule has 1 rings (SSSR count). The van der Waals surface area contributed by atoms with Crippen LogP contribution < -0.4 is 5.32 Å². The molecule has 106 valence electrons. The van der Waals surface area contributed by atoms with Crippen LogP contribution in [0.3, 0.4) is 0 Å². The minimum Gasteiger partial charge on any atom is -0.394 e. The highest BCUT2D eigenvalue weighted by Gasteiger charge is 2.45. The van der Waals surface area contributed by atoms with Crippen LogP contribution in [0.25, 0.3) is 0 Å². The van der Waals surface area contributed by atoms with Gasteiger partial charge in [0.2, 0.25) is 5.91 Å². The van der Waals surface area contributed by atoms with Gasteiger partial charge in [-0.05, 0) is 13.8 Å². The molecule has 0 aromatic rings. The molecule has 0 aliphatic carbocycles. The first kappa shape index (κ1) is 15.3. The molecular formula is C11H21NO6. The molecule has 7 heteroatoms. The van der Waals surface area contributed by atoms with Crippen molar-refractivity contribution in [2.75, 3.05) is 6.61 Å². The Hall–Kier alpha value is -0.730.